The zero-order valence-corrected chi connectivity index (χ0v) is 30.8. The van der Waals surface area contributed by atoms with Crippen molar-refractivity contribution in [2.45, 2.75) is 46.6 Å². The Bertz CT molecular complexity index is 1740. The number of terminal acetylenes is 1. The zero-order valence-electron chi connectivity index (χ0n) is 30.8. The Morgan fingerprint density at radius 3 is 2.34 bits per heavy atom. The number of amides is 2. The van der Waals surface area contributed by atoms with Crippen molar-refractivity contribution in [3.8, 4) is 24.1 Å². The molecule has 0 bridgehead atoms. The molecule has 3 aromatic carbocycles. The van der Waals surface area contributed by atoms with E-state index in [1.165, 1.54) is 17.0 Å². The Morgan fingerprint density at radius 2 is 1.74 bits per heavy atom. The van der Waals surface area contributed by atoms with E-state index in [0.29, 0.717) is 35.8 Å². The number of piperazine rings is 1. The molecule has 53 heavy (non-hydrogen) atoms. The van der Waals surface area contributed by atoms with Crippen LogP contribution in [0.4, 0.5) is 10.1 Å². The van der Waals surface area contributed by atoms with E-state index in [1.54, 1.807) is 40.3 Å². The second-order valence-electron chi connectivity index (χ2n) is 10.8. The minimum Gasteiger partial charge on any atom is -0.359 e. The molecule has 12 heteroatoms. The molecule has 5 rings (SSSR count). The Hall–Kier alpha value is -6.00. The first-order valence-corrected chi connectivity index (χ1v) is 16.7. The van der Waals surface area contributed by atoms with Crippen LogP contribution in [0.15, 0.2) is 108 Å². The van der Waals surface area contributed by atoms with Crippen molar-refractivity contribution in [3.05, 3.63) is 126 Å². The molecule has 1 unspecified atom stereocenters. The van der Waals surface area contributed by atoms with Gasteiger partial charge in [0.2, 0.25) is 11.8 Å². The molecule has 1 aliphatic rings. The second kappa shape index (κ2) is 25.0. The van der Waals surface area contributed by atoms with Gasteiger partial charge in [0.15, 0.2) is 5.76 Å². The normalized spacial score (nSPS) is 13.0. The number of nitrogens with one attached hydrogen (secondary N) is 1. The highest BCUT2D eigenvalue weighted by Gasteiger charge is 2.34. The molecule has 0 radical (unpaired) electrons. The molecule has 0 aliphatic carbocycles. The minimum absolute atomic E-state index is 0.0753. The number of aromatic nitrogens is 1. The van der Waals surface area contributed by atoms with Crippen LogP contribution in [0.3, 0.4) is 0 Å². The molecule has 0 saturated carbocycles. The summed E-state index contributed by atoms with van der Waals surface area (Å²) < 4.78 is 18.9. The summed E-state index contributed by atoms with van der Waals surface area (Å²) in [5, 5.41) is 5.82. The molecule has 1 fully saturated rings. The van der Waals surface area contributed by atoms with Gasteiger partial charge in [-0.1, -0.05) is 80.2 Å². The van der Waals surface area contributed by atoms with Crippen LogP contribution in [-0.2, 0) is 34.0 Å². The van der Waals surface area contributed by atoms with E-state index >= 15 is 0 Å². The highest BCUT2D eigenvalue weighted by atomic mass is 19.1. The molecule has 1 aromatic heterocycles. The fourth-order valence-electron chi connectivity index (χ4n) is 5.08. The van der Waals surface area contributed by atoms with Crippen molar-refractivity contribution in [2.24, 2.45) is 10.7 Å². The predicted molar refractivity (Wildman–Crippen MR) is 211 cm³/mol. The van der Waals surface area contributed by atoms with Crippen LogP contribution in [0.25, 0.3) is 17.3 Å². The third-order valence-electron chi connectivity index (χ3n) is 7.42. The van der Waals surface area contributed by atoms with E-state index < -0.39 is 6.17 Å². The number of hydrogen-bond donors (Lipinski definition) is 2. The number of rotatable bonds is 12. The summed E-state index contributed by atoms with van der Waals surface area (Å²) in [5.74, 6) is -0.369. The molecular weight excluding hydrogens is 673 g/mol. The van der Waals surface area contributed by atoms with Gasteiger partial charge in [0.05, 0.1) is 31.5 Å². The number of allylic oxidation sites excluding steroid dienone is 1. The molecule has 4 aromatic rings. The van der Waals surface area contributed by atoms with Gasteiger partial charge < -0.3 is 24.9 Å². The summed E-state index contributed by atoms with van der Waals surface area (Å²) in [5.41, 5.74) is 14.4. The molecule has 2 amide bonds. The van der Waals surface area contributed by atoms with Crippen LogP contribution in [0, 0.1) is 18.7 Å². The lowest BCUT2D eigenvalue weighted by Gasteiger charge is -2.40. The van der Waals surface area contributed by atoms with E-state index in [9.17, 15) is 14.0 Å². The smallest absolute Gasteiger partial charge is 0.242 e. The number of halogens is 1. The van der Waals surface area contributed by atoms with Crippen LogP contribution in [-0.4, -0.2) is 71.1 Å². The standard InChI is InChI=1S/C33H34FN7O3.C3H6.C2H6.C2H2.CH2O/c1-3-28-25(10-7-11-29(28)36-2)18-39-20-31(35)41(22-32(39)42)33(43)21-40(37-17-23-8-5-4-6-9-23)19-27-16-30(38-44-27)24-12-14-26(34)15-13-24;1-3-2;3*1-2/h3-16,31,37H,1-2,17-22,35H2;3H,1H2,2H3;1-2H3;1-2H;1H2. The third kappa shape index (κ3) is 13.9. The molecule has 2 heterocycles. The first kappa shape index (κ1) is 45.0. The largest absolute Gasteiger partial charge is 0.359 e. The lowest BCUT2D eigenvalue weighted by molar-refractivity contribution is -0.150. The number of aliphatic imine (C=N–C) groups is 1. The minimum atomic E-state index is -0.695. The maximum Gasteiger partial charge on any atom is 0.242 e. The summed E-state index contributed by atoms with van der Waals surface area (Å²) in [6, 6.07) is 23.0. The number of hydrogen-bond acceptors (Lipinski definition) is 9. The van der Waals surface area contributed by atoms with Crippen LogP contribution < -0.4 is 11.2 Å². The van der Waals surface area contributed by atoms with Crippen LogP contribution in [0.5, 0.6) is 0 Å². The van der Waals surface area contributed by atoms with Crippen molar-refractivity contribution in [3.63, 3.8) is 0 Å². The second-order valence-corrected chi connectivity index (χ2v) is 10.8. The van der Waals surface area contributed by atoms with Crippen molar-refractivity contribution < 1.29 is 23.3 Å². The molecule has 0 spiro atoms. The van der Waals surface area contributed by atoms with Crippen LogP contribution in [0.1, 0.15) is 43.2 Å². The van der Waals surface area contributed by atoms with Gasteiger partial charge >= 0.3 is 0 Å². The molecular formula is C41H50FN7O4. The summed E-state index contributed by atoms with van der Waals surface area (Å²) in [7, 11) is 0. The van der Waals surface area contributed by atoms with E-state index in [0.717, 1.165) is 16.7 Å². The molecule has 1 saturated heterocycles. The average Bonchev–Trinajstić information content (AvgIpc) is 3.66. The molecule has 3 N–H and O–H groups in total. The van der Waals surface area contributed by atoms with Gasteiger partial charge in [-0.05, 0) is 55.1 Å². The quantitative estimate of drug-likeness (QED) is 0.0742. The van der Waals surface area contributed by atoms with Gasteiger partial charge in [-0.3, -0.25) is 14.6 Å². The SMILES string of the molecule is C#C.C=CC.C=Cc1c(CN2CC(N)N(C(=O)CN(Cc3cc(-c4ccc(F)cc4)no3)NCc3ccccc3)CC2=O)cccc1N=C.C=O.CC. The first-order chi connectivity index (χ1) is 25.8. The number of hydrazine groups is 1. The fraction of sp³-hybridized carbons (Fsp3) is 0.244. The lowest BCUT2D eigenvalue weighted by Crippen LogP contribution is -2.62. The van der Waals surface area contributed by atoms with Gasteiger partial charge in [-0.2, -0.15) is 0 Å². The maximum atomic E-state index is 13.6. The number of nitrogens with two attached hydrogens (primary N) is 1. The summed E-state index contributed by atoms with van der Waals surface area (Å²) in [6.45, 7) is 19.6. The van der Waals surface area contributed by atoms with Crippen molar-refractivity contribution in [1.29, 1.82) is 0 Å². The lowest BCUT2D eigenvalue weighted by atomic mass is 10.0. The van der Waals surface area contributed by atoms with E-state index in [2.05, 4.69) is 48.3 Å². The summed E-state index contributed by atoms with van der Waals surface area (Å²) in [4.78, 5) is 41.8. The van der Waals surface area contributed by atoms with Crippen molar-refractivity contribution in [2.75, 3.05) is 19.6 Å². The van der Waals surface area contributed by atoms with Gasteiger partial charge in [0.25, 0.3) is 0 Å². The molecule has 1 atom stereocenters. The van der Waals surface area contributed by atoms with Gasteiger partial charge in [-0.25, -0.2) is 14.8 Å². The van der Waals surface area contributed by atoms with Crippen molar-refractivity contribution >= 4 is 37.1 Å². The highest BCUT2D eigenvalue weighted by Crippen LogP contribution is 2.26. The zero-order chi connectivity index (χ0) is 39.8. The van der Waals surface area contributed by atoms with E-state index in [4.69, 9.17) is 15.1 Å². The number of carbonyl (C=O) groups excluding carboxylic acids is 3. The summed E-state index contributed by atoms with van der Waals surface area (Å²) in [6.07, 6.45) is 10.7. The van der Waals surface area contributed by atoms with E-state index in [1.807, 2.05) is 76.1 Å². The maximum absolute atomic E-state index is 13.6. The fourth-order valence-corrected chi connectivity index (χ4v) is 5.08. The Labute approximate surface area is 312 Å². The van der Waals surface area contributed by atoms with Gasteiger partial charge in [0, 0.05) is 30.3 Å². The number of benzene rings is 3. The van der Waals surface area contributed by atoms with Crippen LogP contribution >= 0.6 is 0 Å². The third-order valence-corrected chi connectivity index (χ3v) is 7.42. The monoisotopic (exact) mass is 723 g/mol. The molecule has 1 aliphatic heterocycles. The Kier molecular flexibility index (Phi) is 21.3. The van der Waals surface area contributed by atoms with Gasteiger partial charge in [0.1, 0.15) is 24.8 Å². The van der Waals surface area contributed by atoms with Crippen molar-refractivity contribution in [1.82, 2.24) is 25.4 Å². The van der Waals surface area contributed by atoms with Gasteiger partial charge in [-0.15, -0.1) is 19.4 Å². The molecule has 280 valence electrons. The first-order valence-electron chi connectivity index (χ1n) is 16.7. The number of carbonyl (C=O) groups is 3. The predicted octanol–water partition coefficient (Wildman–Crippen LogP) is 6.40. The topological polar surface area (TPSA) is 137 Å². The van der Waals surface area contributed by atoms with Crippen LogP contribution in [0.2, 0.25) is 0 Å². The summed E-state index contributed by atoms with van der Waals surface area (Å²) >= 11 is 0. The van der Waals surface area contributed by atoms with E-state index in [-0.39, 0.29) is 43.8 Å². The average molecular weight is 724 g/mol. The highest BCUT2D eigenvalue weighted by molar-refractivity contribution is 5.87. The Balaban J connectivity index is 0.00000144. The Morgan fingerprint density at radius 1 is 1.09 bits per heavy atom. The molecule has 11 nitrogen and oxygen atoms in total. The number of nitrogens with zero attached hydrogens (tertiary/aromatic N) is 5.